The van der Waals surface area contributed by atoms with Gasteiger partial charge in [-0.3, -0.25) is 11.3 Å². The fraction of sp³-hybridized carbons (Fsp3) is 0.250. The number of aryl methyl sites for hydroxylation is 2. The second-order valence-corrected chi connectivity index (χ2v) is 6.35. The molecule has 0 bridgehead atoms. The molecule has 106 valence electrons. The summed E-state index contributed by atoms with van der Waals surface area (Å²) < 4.78 is 0.894. The molecule has 0 radical (unpaired) electrons. The Morgan fingerprint density at radius 1 is 1.15 bits per heavy atom. The number of hydrogen-bond donors (Lipinski definition) is 2. The zero-order valence-corrected chi connectivity index (χ0v) is 13.9. The summed E-state index contributed by atoms with van der Waals surface area (Å²) in [6.07, 6.45) is 0.830. The number of hydrogen-bond acceptors (Lipinski definition) is 2. The molecule has 0 saturated heterocycles. The highest BCUT2D eigenvalue weighted by atomic mass is 79.9. The highest BCUT2D eigenvalue weighted by molar-refractivity contribution is 9.10. The lowest BCUT2D eigenvalue weighted by Crippen LogP contribution is -2.29. The van der Waals surface area contributed by atoms with Gasteiger partial charge in [-0.05, 0) is 59.5 Å². The van der Waals surface area contributed by atoms with Gasteiger partial charge in [0.15, 0.2) is 0 Å². The van der Waals surface area contributed by atoms with Gasteiger partial charge in [0, 0.05) is 4.47 Å². The van der Waals surface area contributed by atoms with Crippen molar-refractivity contribution in [3.63, 3.8) is 0 Å². The number of rotatable bonds is 4. The number of hydrazine groups is 1. The third-order valence-corrected chi connectivity index (χ3v) is 4.50. The number of nitrogens with two attached hydrogens (primary N) is 1. The maximum atomic E-state index is 6.15. The maximum Gasteiger partial charge on any atom is 0.0551 e. The van der Waals surface area contributed by atoms with Crippen LogP contribution in [0.2, 0.25) is 5.02 Å². The molecule has 0 fully saturated rings. The number of halogens is 2. The zero-order chi connectivity index (χ0) is 14.7. The minimum Gasteiger partial charge on any atom is -0.271 e. The summed E-state index contributed by atoms with van der Waals surface area (Å²) in [5.41, 5.74) is 7.77. The van der Waals surface area contributed by atoms with Gasteiger partial charge >= 0.3 is 0 Å². The Bertz CT molecular complexity index is 593. The van der Waals surface area contributed by atoms with E-state index in [0.717, 1.165) is 16.5 Å². The molecule has 0 spiro atoms. The lowest BCUT2D eigenvalue weighted by atomic mass is 9.97. The SMILES string of the molecule is Cc1cc(C)cc(CC(NN)c2ccc(Br)c(Cl)c2)c1. The van der Waals surface area contributed by atoms with E-state index >= 15 is 0 Å². The maximum absolute atomic E-state index is 6.15. The van der Waals surface area contributed by atoms with Crippen LogP contribution in [0.25, 0.3) is 0 Å². The quantitative estimate of drug-likeness (QED) is 0.629. The van der Waals surface area contributed by atoms with Gasteiger partial charge in [-0.2, -0.15) is 0 Å². The van der Waals surface area contributed by atoms with Gasteiger partial charge in [-0.25, -0.2) is 0 Å². The third kappa shape index (κ3) is 3.83. The summed E-state index contributed by atoms with van der Waals surface area (Å²) in [5.74, 6) is 5.71. The molecule has 0 aliphatic heterocycles. The molecule has 0 aromatic heterocycles. The molecule has 20 heavy (non-hydrogen) atoms. The van der Waals surface area contributed by atoms with E-state index in [9.17, 15) is 0 Å². The van der Waals surface area contributed by atoms with Crippen LogP contribution in [0.5, 0.6) is 0 Å². The first-order chi connectivity index (χ1) is 9.49. The first-order valence-electron chi connectivity index (χ1n) is 6.48. The van der Waals surface area contributed by atoms with Crippen LogP contribution in [0, 0.1) is 13.8 Å². The Hall–Kier alpha value is -0.870. The standard InChI is InChI=1S/C16H18BrClN2/c1-10-5-11(2)7-12(6-10)8-16(20-19)13-3-4-14(17)15(18)9-13/h3-7,9,16,20H,8,19H2,1-2H3. The molecule has 0 aliphatic carbocycles. The molecular formula is C16H18BrClN2. The molecule has 2 aromatic rings. The van der Waals surface area contributed by atoms with Gasteiger partial charge in [-0.15, -0.1) is 0 Å². The van der Waals surface area contributed by atoms with Crippen LogP contribution in [-0.4, -0.2) is 0 Å². The molecule has 1 unspecified atom stereocenters. The van der Waals surface area contributed by atoms with Gasteiger partial charge in [0.05, 0.1) is 11.1 Å². The molecule has 2 nitrogen and oxygen atoms in total. The molecular weight excluding hydrogens is 336 g/mol. The van der Waals surface area contributed by atoms with E-state index in [1.807, 2.05) is 18.2 Å². The Morgan fingerprint density at radius 2 is 1.80 bits per heavy atom. The molecule has 0 saturated carbocycles. The summed E-state index contributed by atoms with van der Waals surface area (Å²) >= 11 is 9.56. The van der Waals surface area contributed by atoms with E-state index in [2.05, 4.69) is 53.4 Å². The predicted molar refractivity (Wildman–Crippen MR) is 88.8 cm³/mol. The van der Waals surface area contributed by atoms with Crippen LogP contribution >= 0.6 is 27.5 Å². The molecule has 4 heteroatoms. The monoisotopic (exact) mass is 352 g/mol. The number of benzene rings is 2. The van der Waals surface area contributed by atoms with Crippen LogP contribution < -0.4 is 11.3 Å². The Balaban J connectivity index is 2.26. The first-order valence-corrected chi connectivity index (χ1v) is 7.65. The van der Waals surface area contributed by atoms with E-state index in [-0.39, 0.29) is 6.04 Å². The van der Waals surface area contributed by atoms with Crippen LogP contribution in [0.15, 0.2) is 40.9 Å². The van der Waals surface area contributed by atoms with Gasteiger partial charge in [0.25, 0.3) is 0 Å². The largest absolute Gasteiger partial charge is 0.271 e. The molecule has 2 rings (SSSR count). The van der Waals surface area contributed by atoms with Crippen LogP contribution in [-0.2, 0) is 6.42 Å². The second kappa shape index (κ2) is 6.72. The van der Waals surface area contributed by atoms with E-state index in [0.29, 0.717) is 5.02 Å². The minimum atomic E-state index is 0.0433. The fourth-order valence-corrected chi connectivity index (χ4v) is 2.86. The van der Waals surface area contributed by atoms with Gasteiger partial charge in [-0.1, -0.05) is 47.0 Å². The van der Waals surface area contributed by atoms with Crippen molar-refractivity contribution >= 4 is 27.5 Å². The number of nitrogens with one attached hydrogen (secondary N) is 1. The van der Waals surface area contributed by atoms with Gasteiger partial charge < -0.3 is 0 Å². The lowest BCUT2D eigenvalue weighted by Gasteiger charge is -2.18. The molecule has 0 heterocycles. The Labute approximate surface area is 133 Å². The fourth-order valence-electron chi connectivity index (χ4n) is 2.42. The molecule has 0 amide bonds. The third-order valence-electron chi connectivity index (χ3n) is 3.27. The van der Waals surface area contributed by atoms with Crippen molar-refractivity contribution in [2.45, 2.75) is 26.3 Å². The summed E-state index contributed by atoms with van der Waals surface area (Å²) in [5, 5.41) is 0.697. The zero-order valence-electron chi connectivity index (χ0n) is 11.6. The van der Waals surface area contributed by atoms with Crippen molar-refractivity contribution in [1.29, 1.82) is 0 Å². The lowest BCUT2D eigenvalue weighted by molar-refractivity contribution is 0.551. The molecule has 0 aliphatic rings. The highest BCUT2D eigenvalue weighted by Crippen LogP contribution is 2.27. The Morgan fingerprint density at radius 3 is 2.35 bits per heavy atom. The second-order valence-electron chi connectivity index (χ2n) is 5.09. The molecule has 2 aromatic carbocycles. The van der Waals surface area contributed by atoms with E-state index in [1.165, 1.54) is 16.7 Å². The normalized spacial score (nSPS) is 12.4. The highest BCUT2D eigenvalue weighted by Gasteiger charge is 2.12. The summed E-state index contributed by atoms with van der Waals surface area (Å²) in [7, 11) is 0. The van der Waals surface area contributed by atoms with Gasteiger partial charge in [0.2, 0.25) is 0 Å². The average Bonchev–Trinajstić information content (AvgIpc) is 2.38. The van der Waals surface area contributed by atoms with Gasteiger partial charge in [0.1, 0.15) is 0 Å². The van der Waals surface area contributed by atoms with E-state index in [1.54, 1.807) is 0 Å². The van der Waals surface area contributed by atoms with E-state index in [4.69, 9.17) is 17.4 Å². The summed E-state index contributed by atoms with van der Waals surface area (Å²) in [6, 6.07) is 12.5. The van der Waals surface area contributed by atoms with Crippen molar-refractivity contribution in [1.82, 2.24) is 5.43 Å². The average molecular weight is 354 g/mol. The van der Waals surface area contributed by atoms with Crippen LogP contribution in [0.3, 0.4) is 0 Å². The van der Waals surface area contributed by atoms with Crippen molar-refractivity contribution < 1.29 is 0 Å². The topological polar surface area (TPSA) is 38.0 Å². The molecule has 3 N–H and O–H groups in total. The summed E-state index contributed by atoms with van der Waals surface area (Å²) in [4.78, 5) is 0. The van der Waals surface area contributed by atoms with Crippen molar-refractivity contribution in [2.75, 3.05) is 0 Å². The summed E-state index contributed by atoms with van der Waals surface area (Å²) in [6.45, 7) is 4.22. The Kier molecular flexibility index (Phi) is 5.22. The predicted octanol–water partition coefficient (Wildman–Crippen LogP) is 4.47. The smallest absolute Gasteiger partial charge is 0.0551 e. The van der Waals surface area contributed by atoms with Crippen LogP contribution in [0.4, 0.5) is 0 Å². The van der Waals surface area contributed by atoms with Crippen LogP contribution in [0.1, 0.15) is 28.3 Å². The van der Waals surface area contributed by atoms with E-state index < -0.39 is 0 Å². The first kappa shape index (κ1) is 15.5. The van der Waals surface area contributed by atoms with Crippen molar-refractivity contribution in [2.24, 2.45) is 5.84 Å². The molecule has 1 atom stereocenters. The van der Waals surface area contributed by atoms with Crippen molar-refractivity contribution in [3.05, 3.63) is 68.1 Å². The van der Waals surface area contributed by atoms with Crippen molar-refractivity contribution in [3.8, 4) is 0 Å². The minimum absolute atomic E-state index is 0.0433.